The van der Waals surface area contributed by atoms with Gasteiger partial charge in [0.2, 0.25) is 11.8 Å². The molecule has 0 radical (unpaired) electrons. The van der Waals surface area contributed by atoms with Crippen LogP contribution in [-0.2, 0) is 20.9 Å². The zero-order chi connectivity index (χ0) is 31.1. The molecule has 4 aromatic rings. The highest BCUT2D eigenvalue weighted by Gasteiger charge is 2.56. The minimum Gasteiger partial charge on any atom is -0.493 e. The summed E-state index contributed by atoms with van der Waals surface area (Å²) < 4.78 is 16.7. The molecule has 9 nitrogen and oxygen atoms in total. The molecular weight excluding hydrogens is 647 g/mol. The van der Waals surface area contributed by atoms with Gasteiger partial charge >= 0.3 is 10.8 Å². The van der Waals surface area contributed by atoms with Crippen LogP contribution in [0.4, 0.5) is 5.69 Å². The number of thiazole rings is 1. The first-order valence-electron chi connectivity index (χ1n) is 13.5. The van der Waals surface area contributed by atoms with Gasteiger partial charge in [-0.3, -0.25) is 14.4 Å². The van der Waals surface area contributed by atoms with Gasteiger partial charge in [0.25, 0.3) is 0 Å². The number of halogens is 2. The van der Waals surface area contributed by atoms with Crippen molar-refractivity contribution >= 4 is 69.8 Å². The summed E-state index contributed by atoms with van der Waals surface area (Å²) in [5, 5.41) is 0.772. The number of esters is 1. The first-order valence-corrected chi connectivity index (χ1v) is 15.9. The highest BCUT2D eigenvalue weighted by molar-refractivity contribution is 8.00. The molecule has 1 saturated heterocycles. The van der Waals surface area contributed by atoms with E-state index < -0.39 is 34.9 Å². The van der Waals surface area contributed by atoms with Gasteiger partial charge in [0.05, 0.1) is 35.9 Å². The summed E-state index contributed by atoms with van der Waals surface area (Å²) in [5.41, 5.74) is 2.08. The SMILES string of the molecule is CCOC(=O)c1ccc(N2C(=O)[C@H]3[C@H](c4ccc(OCc5ccc(Cl)cc5Cl)c(OC)c4)c4sc(=O)[nH]c4S[C@H]3C2=O)cc1. The summed E-state index contributed by atoms with van der Waals surface area (Å²) in [7, 11) is 1.51. The largest absolute Gasteiger partial charge is 0.493 e. The Kier molecular flexibility index (Phi) is 8.47. The van der Waals surface area contributed by atoms with Gasteiger partial charge < -0.3 is 19.2 Å². The number of amides is 2. The third-order valence-corrected chi connectivity index (χ3v) is 10.4. The second kappa shape index (κ2) is 12.3. The third-order valence-electron chi connectivity index (χ3n) is 7.41. The number of fused-ring (bicyclic) bond motifs is 2. The Morgan fingerprint density at radius 2 is 1.75 bits per heavy atom. The van der Waals surface area contributed by atoms with Crippen LogP contribution in [0.1, 0.15) is 39.2 Å². The molecule has 226 valence electrons. The van der Waals surface area contributed by atoms with Crippen LogP contribution in [-0.4, -0.2) is 41.7 Å². The van der Waals surface area contributed by atoms with Crippen LogP contribution in [0.15, 0.2) is 70.5 Å². The number of imide groups is 1. The molecule has 2 amide bonds. The van der Waals surface area contributed by atoms with E-state index in [0.29, 0.717) is 48.3 Å². The standard InChI is InChI=1S/C31H24Cl2N2O7S2/c1-3-41-30(38)15-5-9-19(10-6-15)35-28(36)24-23(25-27(34-31(39)44-25)43-26(24)29(35)37)16-7-11-21(22(12-16)40-2)42-14-17-4-8-18(32)13-20(17)33/h4-13,23-24,26H,3,14H2,1-2H3,(H,34,39)/t23-,24-,26+/m0/s1. The molecular formula is C31H24Cl2N2O7S2. The van der Waals surface area contributed by atoms with Gasteiger partial charge in [-0.25, -0.2) is 9.69 Å². The van der Waals surface area contributed by atoms with Crippen molar-refractivity contribution in [3.8, 4) is 11.5 Å². The molecule has 0 spiro atoms. The molecule has 0 saturated carbocycles. The summed E-state index contributed by atoms with van der Waals surface area (Å²) in [6, 6.07) is 16.6. The number of methoxy groups -OCH3 is 1. The molecule has 0 unspecified atom stereocenters. The minimum absolute atomic E-state index is 0.164. The molecule has 6 rings (SSSR count). The molecule has 1 N–H and O–H groups in total. The number of carbonyl (C=O) groups is 3. The van der Waals surface area contributed by atoms with Crippen LogP contribution < -0.4 is 19.2 Å². The fourth-order valence-electron chi connectivity index (χ4n) is 5.38. The molecule has 2 aliphatic heterocycles. The maximum atomic E-state index is 14.0. The molecule has 2 aliphatic rings. The lowest BCUT2D eigenvalue weighted by molar-refractivity contribution is -0.122. The Morgan fingerprint density at radius 3 is 2.45 bits per heavy atom. The maximum Gasteiger partial charge on any atom is 0.338 e. The van der Waals surface area contributed by atoms with Crippen molar-refractivity contribution in [1.82, 2.24) is 4.98 Å². The van der Waals surface area contributed by atoms with Crippen molar-refractivity contribution in [3.63, 3.8) is 0 Å². The molecule has 44 heavy (non-hydrogen) atoms. The maximum absolute atomic E-state index is 14.0. The average molecular weight is 672 g/mol. The van der Waals surface area contributed by atoms with E-state index in [4.69, 9.17) is 37.4 Å². The van der Waals surface area contributed by atoms with E-state index in [1.807, 2.05) is 6.07 Å². The number of aromatic nitrogens is 1. The molecule has 3 atom stereocenters. The van der Waals surface area contributed by atoms with Crippen LogP contribution >= 0.6 is 46.3 Å². The van der Waals surface area contributed by atoms with Gasteiger partial charge in [0.1, 0.15) is 11.9 Å². The fourth-order valence-corrected chi connectivity index (χ4v) is 8.36. The number of hydrogen-bond acceptors (Lipinski definition) is 9. The molecule has 0 bridgehead atoms. The zero-order valence-electron chi connectivity index (χ0n) is 23.3. The van der Waals surface area contributed by atoms with E-state index in [1.165, 1.54) is 31.0 Å². The molecule has 0 aliphatic carbocycles. The summed E-state index contributed by atoms with van der Waals surface area (Å²) in [5.74, 6) is -1.82. The summed E-state index contributed by atoms with van der Waals surface area (Å²) in [4.78, 5) is 56.8. The molecule has 3 heterocycles. The highest BCUT2D eigenvalue weighted by atomic mass is 35.5. The Hall–Kier alpha value is -3.77. The smallest absolute Gasteiger partial charge is 0.338 e. The van der Waals surface area contributed by atoms with Gasteiger partial charge in [-0.05, 0) is 61.0 Å². The zero-order valence-corrected chi connectivity index (χ0v) is 26.4. The first kappa shape index (κ1) is 30.3. The lowest BCUT2D eigenvalue weighted by Crippen LogP contribution is -2.32. The summed E-state index contributed by atoms with van der Waals surface area (Å²) in [6.07, 6.45) is 0. The van der Waals surface area contributed by atoms with Gasteiger partial charge in [-0.15, -0.1) is 0 Å². The topological polar surface area (TPSA) is 115 Å². The van der Waals surface area contributed by atoms with Crippen LogP contribution in [0.5, 0.6) is 11.5 Å². The van der Waals surface area contributed by atoms with Crippen LogP contribution in [0.25, 0.3) is 0 Å². The van der Waals surface area contributed by atoms with Crippen molar-refractivity contribution in [3.05, 3.63) is 102 Å². The van der Waals surface area contributed by atoms with Crippen LogP contribution in [0, 0.1) is 5.92 Å². The van der Waals surface area contributed by atoms with Gasteiger partial charge in [0.15, 0.2) is 11.5 Å². The van der Waals surface area contributed by atoms with E-state index in [0.717, 1.165) is 21.8 Å². The predicted octanol–water partition coefficient (Wildman–Crippen LogP) is 6.30. The van der Waals surface area contributed by atoms with Gasteiger partial charge in [-0.2, -0.15) is 0 Å². The third kappa shape index (κ3) is 5.49. The van der Waals surface area contributed by atoms with E-state index in [2.05, 4.69) is 4.98 Å². The number of carbonyl (C=O) groups excluding carboxylic acids is 3. The Balaban J connectivity index is 1.33. The summed E-state index contributed by atoms with van der Waals surface area (Å²) >= 11 is 14.5. The highest BCUT2D eigenvalue weighted by Crippen LogP contribution is 2.53. The number of thioether (sulfide) groups is 1. The van der Waals surface area contributed by atoms with E-state index >= 15 is 0 Å². The van der Waals surface area contributed by atoms with Gasteiger partial charge in [0, 0.05) is 26.4 Å². The number of anilines is 1. The minimum atomic E-state index is -0.791. The fraction of sp³-hybridized carbons (Fsp3) is 0.226. The van der Waals surface area contributed by atoms with Crippen molar-refractivity contribution in [2.24, 2.45) is 5.92 Å². The van der Waals surface area contributed by atoms with Crippen LogP contribution in [0.3, 0.4) is 0 Å². The molecule has 1 fully saturated rings. The molecule has 1 aromatic heterocycles. The number of benzene rings is 3. The van der Waals surface area contributed by atoms with E-state index in [-0.39, 0.29) is 18.1 Å². The predicted molar refractivity (Wildman–Crippen MR) is 169 cm³/mol. The number of H-pyrrole nitrogens is 1. The molecule has 3 aromatic carbocycles. The second-order valence-corrected chi connectivity index (χ2v) is 13.0. The Bertz CT molecular complexity index is 1840. The van der Waals surface area contributed by atoms with Gasteiger partial charge in [-0.1, -0.05) is 58.4 Å². The number of nitrogens with one attached hydrogen (secondary N) is 1. The monoisotopic (exact) mass is 670 g/mol. The van der Waals surface area contributed by atoms with E-state index in [1.54, 1.807) is 49.4 Å². The van der Waals surface area contributed by atoms with Crippen molar-refractivity contribution in [1.29, 1.82) is 0 Å². The average Bonchev–Trinajstić information content (AvgIpc) is 3.50. The number of ether oxygens (including phenoxy) is 3. The number of nitrogens with zero attached hydrogens (tertiary/aromatic N) is 1. The molecule has 13 heteroatoms. The number of aromatic amines is 1. The Morgan fingerprint density at radius 1 is 0.977 bits per heavy atom. The van der Waals surface area contributed by atoms with Crippen LogP contribution in [0.2, 0.25) is 10.0 Å². The lowest BCUT2D eigenvalue weighted by atomic mass is 9.83. The van der Waals surface area contributed by atoms with E-state index in [9.17, 15) is 19.2 Å². The van der Waals surface area contributed by atoms with Crippen molar-refractivity contribution in [2.75, 3.05) is 18.6 Å². The first-order chi connectivity index (χ1) is 21.2. The van der Waals surface area contributed by atoms with Crippen molar-refractivity contribution < 1.29 is 28.6 Å². The lowest BCUT2D eigenvalue weighted by Gasteiger charge is -2.30. The second-order valence-electron chi connectivity index (χ2n) is 9.96. The number of hydrogen-bond donors (Lipinski definition) is 1. The normalized spacial score (nSPS) is 19.0. The Labute approximate surface area is 270 Å². The summed E-state index contributed by atoms with van der Waals surface area (Å²) in [6.45, 7) is 2.10. The van der Waals surface area contributed by atoms with Crippen molar-refractivity contribution in [2.45, 2.75) is 29.7 Å². The number of rotatable bonds is 8. The quantitative estimate of drug-likeness (QED) is 0.172.